The molecule has 0 aliphatic rings. The lowest BCUT2D eigenvalue weighted by Gasteiger charge is -2.14. The summed E-state index contributed by atoms with van der Waals surface area (Å²) in [6, 6.07) is 57.6. The minimum absolute atomic E-state index is 0.655. The van der Waals surface area contributed by atoms with Crippen LogP contribution in [0.3, 0.4) is 0 Å². The highest BCUT2D eigenvalue weighted by molar-refractivity contribution is 6.31. The van der Waals surface area contributed by atoms with E-state index in [1.54, 1.807) is 0 Å². The molecular formula is C43H27N3. The summed E-state index contributed by atoms with van der Waals surface area (Å²) in [4.78, 5) is 14.6. The molecule has 0 unspecified atom stereocenters. The number of hydrogen-bond acceptors (Lipinski definition) is 3. The Hall–Kier alpha value is -6.19. The molecule has 46 heavy (non-hydrogen) atoms. The summed E-state index contributed by atoms with van der Waals surface area (Å²) in [7, 11) is 0. The van der Waals surface area contributed by atoms with Gasteiger partial charge in [0.2, 0.25) is 0 Å². The average molecular weight is 586 g/mol. The summed E-state index contributed by atoms with van der Waals surface area (Å²) >= 11 is 0. The summed E-state index contributed by atoms with van der Waals surface area (Å²) < 4.78 is 0. The third-order valence-corrected chi connectivity index (χ3v) is 8.90. The molecule has 0 N–H and O–H groups in total. The molecule has 0 atom stereocenters. The van der Waals surface area contributed by atoms with Crippen molar-refractivity contribution in [2.45, 2.75) is 0 Å². The van der Waals surface area contributed by atoms with Gasteiger partial charge in [-0.25, -0.2) is 15.0 Å². The van der Waals surface area contributed by atoms with Crippen LogP contribution in [0.1, 0.15) is 0 Å². The van der Waals surface area contributed by atoms with Gasteiger partial charge in [0.05, 0.1) is 0 Å². The van der Waals surface area contributed by atoms with Gasteiger partial charge in [0, 0.05) is 16.7 Å². The van der Waals surface area contributed by atoms with Gasteiger partial charge in [0.1, 0.15) is 0 Å². The van der Waals surface area contributed by atoms with Crippen molar-refractivity contribution in [1.29, 1.82) is 0 Å². The molecule has 0 aliphatic carbocycles. The molecule has 0 saturated carbocycles. The Morgan fingerprint density at radius 2 is 0.696 bits per heavy atom. The third-order valence-electron chi connectivity index (χ3n) is 8.90. The lowest BCUT2D eigenvalue weighted by atomic mass is 9.89. The van der Waals surface area contributed by atoms with Crippen molar-refractivity contribution in [3.8, 4) is 45.3 Å². The van der Waals surface area contributed by atoms with Crippen LogP contribution in [0.2, 0.25) is 0 Å². The van der Waals surface area contributed by atoms with Gasteiger partial charge in [0.25, 0.3) is 0 Å². The molecule has 0 bridgehead atoms. The van der Waals surface area contributed by atoms with Crippen LogP contribution < -0.4 is 0 Å². The highest BCUT2D eigenvalue weighted by Crippen LogP contribution is 2.40. The molecule has 0 fully saturated rings. The predicted octanol–water partition coefficient (Wildman–Crippen LogP) is 11.2. The largest absolute Gasteiger partial charge is 0.208 e. The van der Waals surface area contributed by atoms with Crippen LogP contribution in [0.5, 0.6) is 0 Å². The summed E-state index contributed by atoms with van der Waals surface area (Å²) in [5.74, 6) is 1.98. The number of rotatable bonds is 4. The Bertz CT molecular complexity index is 2480. The van der Waals surface area contributed by atoms with E-state index in [-0.39, 0.29) is 0 Å². The van der Waals surface area contributed by atoms with E-state index in [0.717, 1.165) is 22.3 Å². The minimum atomic E-state index is 0.655. The molecule has 9 rings (SSSR count). The summed E-state index contributed by atoms with van der Waals surface area (Å²) in [6.45, 7) is 0. The van der Waals surface area contributed by atoms with Gasteiger partial charge in [-0.2, -0.15) is 0 Å². The van der Waals surface area contributed by atoms with E-state index in [1.807, 2.05) is 60.7 Å². The van der Waals surface area contributed by atoms with Crippen LogP contribution >= 0.6 is 0 Å². The second-order valence-corrected chi connectivity index (χ2v) is 11.6. The maximum atomic E-state index is 4.91. The molecule has 3 nitrogen and oxygen atoms in total. The molecule has 0 spiro atoms. The number of hydrogen-bond donors (Lipinski definition) is 0. The van der Waals surface area contributed by atoms with Crippen molar-refractivity contribution in [2.75, 3.05) is 0 Å². The van der Waals surface area contributed by atoms with E-state index in [4.69, 9.17) is 15.0 Å². The SMILES string of the molecule is c1ccc(-c2nc(-c3ccccc3)nc(-c3ccc(-c4ccc5c(c4)c4ccccc4c4c6ccccc6ccc54)cc3)n2)cc1. The monoisotopic (exact) mass is 585 g/mol. The number of benzene rings is 8. The Morgan fingerprint density at radius 3 is 1.35 bits per heavy atom. The highest BCUT2D eigenvalue weighted by Gasteiger charge is 2.14. The third kappa shape index (κ3) is 4.41. The first-order valence-electron chi connectivity index (χ1n) is 15.5. The Labute approximate surface area is 266 Å². The van der Waals surface area contributed by atoms with Crippen molar-refractivity contribution in [1.82, 2.24) is 15.0 Å². The smallest absolute Gasteiger partial charge is 0.164 e. The summed E-state index contributed by atoms with van der Waals surface area (Å²) in [5.41, 5.74) is 5.20. The molecule has 1 aromatic heterocycles. The van der Waals surface area contributed by atoms with Gasteiger partial charge in [-0.1, -0.05) is 158 Å². The van der Waals surface area contributed by atoms with E-state index < -0.39 is 0 Å². The second kappa shape index (κ2) is 10.8. The maximum Gasteiger partial charge on any atom is 0.164 e. The molecule has 0 saturated heterocycles. The van der Waals surface area contributed by atoms with Crippen molar-refractivity contribution >= 4 is 43.1 Å². The Morgan fingerprint density at radius 1 is 0.261 bits per heavy atom. The normalized spacial score (nSPS) is 11.5. The number of fused-ring (bicyclic) bond motifs is 8. The fraction of sp³-hybridized carbons (Fsp3) is 0. The first-order valence-corrected chi connectivity index (χ1v) is 15.5. The van der Waals surface area contributed by atoms with Gasteiger partial charge in [-0.05, 0) is 60.3 Å². The lowest BCUT2D eigenvalue weighted by Crippen LogP contribution is -2.00. The number of aromatic nitrogens is 3. The lowest BCUT2D eigenvalue weighted by molar-refractivity contribution is 1.07. The van der Waals surface area contributed by atoms with Crippen molar-refractivity contribution < 1.29 is 0 Å². The topological polar surface area (TPSA) is 38.7 Å². The van der Waals surface area contributed by atoms with Crippen LogP contribution in [0, 0.1) is 0 Å². The van der Waals surface area contributed by atoms with Gasteiger partial charge < -0.3 is 0 Å². The van der Waals surface area contributed by atoms with Crippen molar-refractivity contribution in [2.24, 2.45) is 0 Å². The Kier molecular flexibility index (Phi) is 6.14. The molecule has 9 aromatic rings. The van der Waals surface area contributed by atoms with Gasteiger partial charge in [0.15, 0.2) is 17.5 Å². The molecular weight excluding hydrogens is 558 g/mol. The molecule has 1 heterocycles. The predicted molar refractivity (Wildman–Crippen MR) is 192 cm³/mol. The van der Waals surface area contributed by atoms with E-state index in [9.17, 15) is 0 Å². The van der Waals surface area contributed by atoms with Crippen LogP contribution in [0.15, 0.2) is 164 Å². The van der Waals surface area contributed by atoms with Crippen LogP contribution in [-0.4, -0.2) is 15.0 Å². The maximum absolute atomic E-state index is 4.91. The fourth-order valence-electron chi connectivity index (χ4n) is 6.65. The zero-order valence-electron chi connectivity index (χ0n) is 24.9. The van der Waals surface area contributed by atoms with Gasteiger partial charge >= 0.3 is 0 Å². The molecule has 0 amide bonds. The number of nitrogens with zero attached hydrogens (tertiary/aromatic N) is 3. The van der Waals surface area contributed by atoms with Crippen LogP contribution in [-0.2, 0) is 0 Å². The zero-order valence-corrected chi connectivity index (χ0v) is 24.9. The van der Waals surface area contributed by atoms with Gasteiger partial charge in [-0.15, -0.1) is 0 Å². The molecule has 3 heteroatoms. The highest BCUT2D eigenvalue weighted by atomic mass is 15.0. The first-order chi connectivity index (χ1) is 22.8. The second-order valence-electron chi connectivity index (χ2n) is 11.6. The van der Waals surface area contributed by atoms with E-state index >= 15 is 0 Å². The standard InChI is InChI=1S/C43H27N3/c1-3-12-30(13-4-1)41-44-42(31-14-5-2-6-15-31)46-43(45-41)32-21-19-28(20-22-32)33-24-25-36-38-26-23-29-11-7-8-16-34(29)40(38)37-18-10-9-17-35(37)39(36)27-33/h1-27H. The zero-order chi connectivity index (χ0) is 30.5. The molecule has 214 valence electrons. The summed E-state index contributed by atoms with van der Waals surface area (Å²) in [5, 5.41) is 10.2. The Balaban J connectivity index is 1.16. The van der Waals surface area contributed by atoms with Crippen LogP contribution in [0.25, 0.3) is 88.4 Å². The average Bonchev–Trinajstić information content (AvgIpc) is 3.15. The van der Waals surface area contributed by atoms with Crippen LogP contribution in [0.4, 0.5) is 0 Å². The molecule has 0 radical (unpaired) electrons. The first kappa shape index (κ1) is 26.2. The van der Waals surface area contributed by atoms with Crippen molar-refractivity contribution in [3.05, 3.63) is 164 Å². The molecule has 0 aliphatic heterocycles. The summed E-state index contributed by atoms with van der Waals surface area (Å²) in [6.07, 6.45) is 0. The van der Waals surface area contributed by atoms with Gasteiger partial charge in [-0.3, -0.25) is 0 Å². The minimum Gasteiger partial charge on any atom is -0.208 e. The van der Waals surface area contributed by atoms with Crippen molar-refractivity contribution in [3.63, 3.8) is 0 Å². The fourth-order valence-corrected chi connectivity index (χ4v) is 6.65. The van der Waals surface area contributed by atoms with E-state index in [2.05, 4.69) is 103 Å². The molecule has 8 aromatic carbocycles. The quantitative estimate of drug-likeness (QED) is 0.193. The van der Waals surface area contributed by atoms with E-state index in [1.165, 1.54) is 48.7 Å². The van der Waals surface area contributed by atoms with E-state index in [0.29, 0.717) is 17.5 Å².